The summed E-state index contributed by atoms with van der Waals surface area (Å²) < 4.78 is 0. The number of carboxylic acid groups (broad SMARTS) is 1. The molecule has 0 aromatic heterocycles. The Bertz CT molecular complexity index is 454. The van der Waals surface area contributed by atoms with Crippen molar-refractivity contribution < 1.29 is 19.5 Å². The predicted octanol–water partition coefficient (Wildman–Crippen LogP) is 0.775. The van der Waals surface area contributed by atoms with Crippen molar-refractivity contribution in [3.8, 4) is 0 Å². The number of urea groups is 1. The first-order chi connectivity index (χ1) is 9.94. The van der Waals surface area contributed by atoms with Gasteiger partial charge in [-0.3, -0.25) is 4.79 Å². The van der Waals surface area contributed by atoms with Crippen molar-refractivity contribution in [1.29, 1.82) is 0 Å². The molecular formula is C14H23N3O4. The number of amides is 3. The lowest BCUT2D eigenvalue weighted by Crippen LogP contribution is -2.60. The van der Waals surface area contributed by atoms with Crippen LogP contribution in [0.3, 0.4) is 0 Å². The molecule has 3 N–H and O–H groups in total. The molecule has 3 amide bonds. The number of nitrogens with zero attached hydrogens (tertiary/aromatic N) is 2. The Kier molecular flexibility index (Phi) is 4.39. The number of aliphatic carboxylic acids is 1. The summed E-state index contributed by atoms with van der Waals surface area (Å²) in [5.41, 5.74) is 4.24. The van der Waals surface area contributed by atoms with Crippen molar-refractivity contribution in [3.63, 3.8) is 0 Å². The van der Waals surface area contributed by atoms with Gasteiger partial charge in [0.25, 0.3) is 0 Å². The molecule has 2 unspecified atom stereocenters. The highest BCUT2D eigenvalue weighted by molar-refractivity contribution is 5.90. The summed E-state index contributed by atoms with van der Waals surface area (Å²) in [6.07, 6.45) is 3.72. The molecule has 2 aliphatic rings. The summed E-state index contributed by atoms with van der Waals surface area (Å²) in [5.74, 6) is -1.48. The van der Waals surface area contributed by atoms with E-state index < -0.39 is 23.5 Å². The molecule has 2 aliphatic heterocycles. The first-order valence-electron chi connectivity index (χ1n) is 7.55. The Morgan fingerprint density at radius 3 is 2.52 bits per heavy atom. The number of carboxylic acids is 1. The molecule has 2 saturated heterocycles. The Morgan fingerprint density at radius 1 is 1.24 bits per heavy atom. The maximum Gasteiger partial charge on any atom is 0.329 e. The van der Waals surface area contributed by atoms with E-state index >= 15 is 0 Å². The number of hydrogen-bond acceptors (Lipinski definition) is 3. The first-order valence-corrected chi connectivity index (χ1v) is 7.55. The van der Waals surface area contributed by atoms with Crippen LogP contribution >= 0.6 is 0 Å². The van der Waals surface area contributed by atoms with E-state index in [0.29, 0.717) is 38.8 Å². The van der Waals surface area contributed by atoms with E-state index in [1.165, 1.54) is 9.80 Å². The van der Waals surface area contributed by atoms with Gasteiger partial charge in [0.2, 0.25) is 5.91 Å². The third kappa shape index (κ3) is 2.56. The highest BCUT2D eigenvalue weighted by atomic mass is 16.4. The average Bonchev–Trinajstić information content (AvgIpc) is 2.91. The topological polar surface area (TPSA) is 104 Å². The lowest BCUT2D eigenvalue weighted by atomic mass is 9.93. The van der Waals surface area contributed by atoms with Gasteiger partial charge >= 0.3 is 12.0 Å². The highest BCUT2D eigenvalue weighted by Gasteiger charge is 2.50. The molecule has 7 nitrogen and oxygen atoms in total. The molecule has 7 heteroatoms. The summed E-state index contributed by atoms with van der Waals surface area (Å²) in [4.78, 5) is 38.9. The third-order valence-electron chi connectivity index (χ3n) is 4.78. The number of carbonyl (C=O) groups excluding carboxylic acids is 2. The van der Waals surface area contributed by atoms with Crippen LogP contribution in [0.2, 0.25) is 0 Å². The fraction of sp³-hybridized carbons (Fsp3) is 0.786. The molecule has 2 heterocycles. The SMILES string of the molecule is CCC1(C(=O)O)CCCN1C(=O)N1CCCCC1C(N)=O. The normalized spacial score (nSPS) is 29.5. The smallest absolute Gasteiger partial charge is 0.329 e. The fourth-order valence-electron chi connectivity index (χ4n) is 3.51. The molecule has 0 aliphatic carbocycles. The molecule has 2 rings (SSSR count). The van der Waals surface area contributed by atoms with E-state index in [0.717, 1.165) is 12.8 Å². The molecule has 0 radical (unpaired) electrons. The zero-order valence-electron chi connectivity index (χ0n) is 12.4. The van der Waals surface area contributed by atoms with Gasteiger partial charge in [-0.25, -0.2) is 9.59 Å². The van der Waals surface area contributed by atoms with Crippen molar-refractivity contribution in [2.75, 3.05) is 13.1 Å². The van der Waals surface area contributed by atoms with E-state index in [9.17, 15) is 19.5 Å². The van der Waals surface area contributed by atoms with Crippen LogP contribution < -0.4 is 5.73 Å². The minimum absolute atomic E-state index is 0.361. The van der Waals surface area contributed by atoms with Gasteiger partial charge in [-0.05, 0) is 38.5 Å². The van der Waals surface area contributed by atoms with Gasteiger partial charge in [0, 0.05) is 13.1 Å². The largest absolute Gasteiger partial charge is 0.479 e. The van der Waals surface area contributed by atoms with Crippen LogP contribution in [0.5, 0.6) is 0 Å². The molecule has 2 fully saturated rings. The molecule has 0 aromatic carbocycles. The molecular weight excluding hydrogens is 274 g/mol. The van der Waals surface area contributed by atoms with Crippen molar-refractivity contribution in [1.82, 2.24) is 9.80 Å². The number of hydrogen-bond donors (Lipinski definition) is 2. The molecule has 118 valence electrons. The molecule has 0 saturated carbocycles. The predicted molar refractivity (Wildman–Crippen MR) is 75.5 cm³/mol. The van der Waals surface area contributed by atoms with Crippen molar-refractivity contribution >= 4 is 17.9 Å². The lowest BCUT2D eigenvalue weighted by molar-refractivity contribution is -0.148. The maximum absolute atomic E-state index is 12.8. The number of rotatable bonds is 3. The number of piperidine rings is 1. The molecule has 0 spiro atoms. The van der Waals surface area contributed by atoms with Crippen LogP contribution in [0.25, 0.3) is 0 Å². The van der Waals surface area contributed by atoms with E-state index in [1.807, 2.05) is 0 Å². The Labute approximate surface area is 124 Å². The minimum atomic E-state index is -1.14. The average molecular weight is 297 g/mol. The van der Waals surface area contributed by atoms with Gasteiger partial charge in [0.1, 0.15) is 11.6 Å². The number of carbonyl (C=O) groups is 3. The van der Waals surface area contributed by atoms with E-state index in [2.05, 4.69) is 0 Å². The van der Waals surface area contributed by atoms with Gasteiger partial charge < -0.3 is 20.6 Å². The number of primary amides is 1. The molecule has 21 heavy (non-hydrogen) atoms. The van der Waals surface area contributed by atoms with E-state index in [-0.39, 0.29) is 6.03 Å². The quantitative estimate of drug-likeness (QED) is 0.803. The third-order valence-corrected chi connectivity index (χ3v) is 4.78. The van der Waals surface area contributed by atoms with Crippen LogP contribution in [-0.2, 0) is 9.59 Å². The van der Waals surface area contributed by atoms with Gasteiger partial charge in [0.05, 0.1) is 0 Å². The second-order valence-electron chi connectivity index (χ2n) is 5.84. The standard InChI is InChI=1S/C14H23N3O4/c1-2-14(12(19)20)7-5-9-17(14)13(21)16-8-4-3-6-10(16)11(15)18/h10H,2-9H2,1H3,(H2,15,18)(H,19,20). The summed E-state index contributed by atoms with van der Waals surface area (Å²) in [5, 5.41) is 9.55. The van der Waals surface area contributed by atoms with Gasteiger partial charge in [-0.1, -0.05) is 6.92 Å². The molecule has 2 atom stereocenters. The second-order valence-corrected chi connectivity index (χ2v) is 5.84. The van der Waals surface area contributed by atoms with Crippen LogP contribution in [0.4, 0.5) is 4.79 Å². The Balaban J connectivity index is 2.25. The first kappa shape index (κ1) is 15.6. The van der Waals surface area contributed by atoms with E-state index in [4.69, 9.17) is 5.73 Å². The summed E-state index contributed by atoms with van der Waals surface area (Å²) in [6.45, 7) is 2.66. The van der Waals surface area contributed by atoms with Crippen molar-refractivity contribution in [2.24, 2.45) is 5.73 Å². The number of likely N-dealkylation sites (tertiary alicyclic amines) is 2. The zero-order chi connectivity index (χ0) is 15.6. The summed E-state index contributed by atoms with van der Waals surface area (Å²) in [6, 6.07) is -0.976. The Morgan fingerprint density at radius 2 is 1.95 bits per heavy atom. The lowest BCUT2D eigenvalue weighted by Gasteiger charge is -2.41. The summed E-state index contributed by atoms with van der Waals surface area (Å²) >= 11 is 0. The van der Waals surface area contributed by atoms with Gasteiger partial charge in [0.15, 0.2) is 0 Å². The van der Waals surface area contributed by atoms with Crippen LogP contribution in [0.15, 0.2) is 0 Å². The van der Waals surface area contributed by atoms with Crippen molar-refractivity contribution in [3.05, 3.63) is 0 Å². The van der Waals surface area contributed by atoms with Crippen LogP contribution in [-0.4, -0.2) is 57.5 Å². The minimum Gasteiger partial charge on any atom is -0.479 e. The van der Waals surface area contributed by atoms with E-state index in [1.54, 1.807) is 6.92 Å². The zero-order valence-corrected chi connectivity index (χ0v) is 12.4. The van der Waals surface area contributed by atoms with Gasteiger partial charge in [-0.15, -0.1) is 0 Å². The monoisotopic (exact) mass is 297 g/mol. The summed E-state index contributed by atoms with van der Waals surface area (Å²) in [7, 11) is 0. The van der Waals surface area contributed by atoms with Crippen LogP contribution in [0.1, 0.15) is 45.4 Å². The molecule has 0 aromatic rings. The second kappa shape index (κ2) is 5.91. The van der Waals surface area contributed by atoms with Crippen molar-refractivity contribution in [2.45, 2.75) is 57.0 Å². The highest BCUT2D eigenvalue weighted by Crippen LogP contribution is 2.34. The maximum atomic E-state index is 12.8. The molecule has 0 bridgehead atoms. The Hall–Kier alpha value is -1.79. The van der Waals surface area contributed by atoms with Crippen LogP contribution in [0, 0.1) is 0 Å². The van der Waals surface area contributed by atoms with Gasteiger partial charge in [-0.2, -0.15) is 0 Å². The fourth-order valence-corrected chi connectivity index (χ4v) is 3.51. The number of nitrogens with two attached hydrogens (primary N) is 1.